The van der Waals surface area contributed by atoms with Crippen LogP contribution in [-0.4, -0.2) is 51.1 Å². The molecule has 0 atom stereocenters. The van der Waals surface area contributed by atoms with Crippen molar-refractivity contribution in [3.8, 4) is 0 Å². The van der Waals surface area contributed by atoms with Crippen molar-refractivity contribution in [1.29, 1.82) is 0 Å². The van der Waals surface area contributed by atoms with Crippen LogP contribution in [0, 0.1) is 5.92 Å². The first-order valence-electron chi connectivity index (χ1n) is 8.07. The molecule has 22 heavy (non-hydrogen) atoms. The van der Waals surface area contributed by atoms with Gasteiger partial charge in [-0.2, -0.15) is 0 Å². The number of carbonyl (C=O) groups excluding carboxylic acids is 1. The molecule has 1 aromatic heterocycles. The SMILES string of the molecule is CC.[B]C([B])(c1cccc(C(=O)NCC)n1)N1CC(CC)C1. The second kappa shape index (κ2) is 8.37. The smallest absolute Gasteiger partial charge is 0.269 e. The predicted octanol–water partition coefficient (Wildman–Crippen LogP) is 1.65. The number of nitrogens with zero attached hydrogens (tertiary/aromatic N) is 2. The lowest BCUT2D eigenvalue weighted by molar-refractivity contribution is 0.0618. The molecule has 6 heteroatoms. The Morgan fingerprint density at radius 1 is 1.36 bits per heavy atom. The van der Waals surface area contributed by atoms with Crippen LogP contribution < -0.4 is 5.32 Å². The van der Waals surface area contributed by atoms with E-state index in [1.54, 1.807) is 18.2 Å². The van der Waals surface area contributed by atoms with Crippen molar-refractivity contribution in [2.75, 3.05) is 19.6 Å². The van der Waals surface area contributed by atoms with E-state index in [1.807, 2.05) is 25.7 Å². The van der Waals surface area contributed by atoms with Crippen molar-refractivity contribution in [2.45, 2.75) is 39.5 Å². The zero-order chi connectivity index (χ0) is 16.8. The molecule has 0 aliphatic carbocycles. The number of pyridine rings is 1. The first kappa shape index (κ1) is 18.8. The zero-order valence-corrected chi connectivity index (χ0v) is 14.1. The van der Waals surface area contributed by atoms with E-state index in [2.05, 4.69) is 17.2 Å². The fourth-order valence-electron chi connectivity index (χ4n) is 2.33. The van der Waals surface area contributed by atoms with Crippen LogP contribution in [0.25, 0.3) is 0 Å². The van der Waals surface area contributed by atoms with Gasteiger partial charge in [0.2, 0.25) is 0 Å². The van der Waals surface area contributed by atoms with Gasteiger partial charge in [-0.15, -0.1) is 0 Å². The molecule has 1 saturated heterocycles. The van der Waals surface area contributed by atoms with Gasteiger partial charge in [0.05, 0.1) is 15.7 Å². The van der Waals surface area contributed by atoms with Crippen LogP contribution in [0.1, 0.15) is 50.3 Å². The van der Waals surface area contributed by atoms with Crippen molar-refractivity contribution in [1.82, 2.24) is 15.2 Å². The molecular formula is C16H25B2N3O. The molecule has 116 valence electrons. The summed E-state index contributed by atoms with van der Waals surface area (Å²) in [6.45, 7) is 10.3. The summed E-state index contributed by atoms with van der Waals surface area (Å²) >= 11 is 0. The van der Waals surface area contributed by atoms with E-state index in [-0.39, 0.29) is 5.91 Å². The second-order valence-corrected chi connectivity index (χ2v) is 5.27. The van der Waals surface area contributed by atoms with E-state index in [9.17, 15) is 4.79 Å². The lowest BCUT2D eigenvalue weighted by Crippen LogP contribution is -2.59. The molecule has 0 aromatic carbocycles. The summed E-state index contributed by atoms with van der Waals surface area (Å²) in [5.41, 5.74) is 0.869. The highest BCUT2D eigenvalue weighted by Gasteiger charge is 2.37. The van der Waals surface area contributed by atoms with Crippen molar-refractivity contribution in [3.05, 3.63) is 29.6 Å². The number of likely N-dealkylation sites (tertiary alicyclic amines) is 1. The quantitative estimate of drug-likeness (QED) is 0.841. The Morgan fingerprint density at radius 2 is 2.00 bits per heavy atom. The molecule has 0 saturated carbocycles. The lowest BCUT2D eigenvalue weighted by Gasteiger charge is -2.50. The van der Waals surface area contributed by atoms with Crippen LogP contribution in [0.3, 0.4) is 0 Å². The minimum absolute atomic E-state index is 0.208. The average Bonchev–Trinajstić information content (AvgIpc) is 2.48. The van der Waals surface area contributed by atoms with Crippen LogP contribution in [0.4, 0.5) is 0 Å². The van der Waals surface area contributed by atoms with Gasteiger partial charge in [0, 0.05) is 25.3 Å². The molecule has 1 aliphatic rings. The first-order chi connectivity index (χ1) is 10.5. The largest absolute Gasteiger partial charge is 0.351 e. The predicted molar refractivity (Wildman–Crippen MR) is 92.1 cm³/mol. The van der Waals surface area contributed by atoms with Gasteiger partial charge in [-0.05, 0) is 30.3 Å². The van der Waals surface area contributed by atoms with Crippen molar-refractivity contribution in [3.63, 3.8) is 0 Å². The van der Waals surface area contributed by atoms with Gasteiger partial charge in [-0.3, -0.25) is 4.79 Å². The summed E-state index contributed by atoms with van der Waals surface area (Å²) in [5, 5.41) is 1.60. The van der Waals surface area contributed by atoms with E-state index in [0.29, 0.717) is 23.9 Å². The summed E-state index contributed by atoms with van der Waals surface area (Å²) in [6.07, 6.45) is 1.12. The Balaban J connectivity index is 0.00000116. The van der Waals surface area contributed by atoms with Crippen LogP contribution >= 0.6 is 0 Å². The Kier molecular flexibility index (Phi) is 7.14. The van der Waals surface area contributed by atoms with E-state index in [0.717, 1.165) is 19.5 Å². The first-order valence-corrected chi connectivity index (χ1v) is 8.07. The molecule has 1 N–H and O–H groups in total. The fraction of sp³-hybridized carbons (Fsp3) is 0.625. The summed E-state index contributed by atoms with van der Waals surface area (Å²) in [7, 11) is 12.4. The van der Waals surface area contributed by atoms with E-state index >= 15 is 0 Å². The monoisotopic (exact) mass is 297 g/mol. The molecular weight excluding hydrogens is 272 g/mol. The minimum Gasteiger partial charge on any atom is -0.351 e. The number of nitrogens with one attached hydrogen (secondary N) is 1. The van der Waals surface area contributed by atoms with Crippen LogP contribution in [0.2, 0.25) is 0 Å². The van der Waals surface area contributed by atoms with Gasteiger partial charge in [-0.1, -0.05) is 33.3 Å². The third kappa shape index (κ3) is 4.13. The van der Waals surface area contributed by atoms with Crippen molar-refractivity contribution in [2.24, 2.45) is 5.92 Å². The average molecular weight is 297 g/mol. The van der Waals surface area contributed by atoms with Gasteiger partial charge in [0.25, 0.3) is 5.91 Å². The molecule has 4 radical (unpaired) electrons. The third-order valence-corrected chi connectivity index (χ3v) is 3.79. The van der Waals surface area contributed by atoms with E-state index in [1.165, 1.54) is 0 Å². The Labute approximate surface area is 136 Å². The van der Waals surface area contributed by atoms with Gasteiger partial charge in [0.1, 0.15) is 5.69 Å². The molecule has 1 aliphatic heterocycles. The van der Waals surface area contributed by atoms with E-state index < -0.39 is 5.34 Å². The third-order valence-electron chi connectivity index (χ3n) is 3.79. The summed E-state index contributed by atoms with van der Waals surface area (Å²) in [5.74, 6) is 0.438. The van der Waals surface area contributed by atoms with Crippen LogP contribution in [0.5, 0.6) is 0 Å². The molecule has 0 bridgehead atoms. The van der Waals surface area contributed by atoms with Crippen molar-refractivity contribution >= 4 is 21.6 Å². The summed E-state index contributed by atoms with van der Waals surface area (Å²) in [6, 6.07) is 5.19. The highest BCUT2D eigenvalue weighted by molar-refractivity contribution is 6.39. The van der Waals surface area contributed by atoms with Crippen molar-refractivity contribution < 1.29 is 4.79 Å². The zero-order valence-electron chi connectivity index (χ0n) is 14.1. The fourth-order valence-corrected chi connectivity index (χ4v) is 2.33. The number of rotatable bonds is 5. The number of aromatic nitrogens is 1. The standard InChI is InChI=1S/C14H19B2N3O.C2H6/c1-3-10-8-19(9-10)14(15,16)12-7-5-6-11(18-12)13(20)17-4-2;1-2/h5-7,10H,3-4,8-9H2,1-2H3,(H,17,20);1-2H3. The Morgan fingerprint density at radius 3 is 2.55 bits per heavy atom. The summed E-state index contributed by atoms with van der Waals surface area (Å²) in [4.78, 5) is 18.1. The normalized spacial score (nSPS) is 15.5. The molecule has 0 spiro atoms. The number of hydrogen-bond donors (Lipinski definition) is 1. The lowest BCUT2D eigenvalue weighted by atomic mass is 9.57. The molecule has 2 heterocycles. The topological polar surface area (TPSA) is 45.2 Å². The maximum atomic E-state index is 11.8. The van der Waals surface area contributed by atoms with Gasteiger partial charge >= 0.3 is 0 Å². The van der Waals surface area contributed by atoms with Crippen LogP contribution in [-0.2, 0) is 5.34 Å². The maximum Gasteiger partial charge on any atom is 0.269 e. The number of amides is 1. The Hall–Kier alpha value is -1.29. The van der Waals surface area contributed by atoms with Gasteiger partial charge in [-0.25, -0.2) is 4.98 Å². The second-order valence-electron chi connectivity index (χ2n) is 5.27. The number of hydrogen-bond acceptors (Lipinski definition) is 3. The van der Waals surface area contributed by atoms with Gasteiger partial charge in [0.15, 0.2) is 0 Å². The highest BCUT2D eigenvalue weighted by Crippen LogP contribution is 2.30. The highest BCUT2D eigenvalue weighted by atomic mass is 16.1. The molecule has 1 aromatic rings. The minimum atomic E-state index is -1.12. The molecule has 1 amide bonds. The number of carbonyl (C=O) groups is 1. The summed E-state index contributed by atoms with van der Waals surface area (Å²) < 4.78 is 0. The molecule has 1 fully saturated rings. The van der Waals surface area contributed by atoms with Gasteiger partial charge < -0.3 is 10.2 Å². The molecule has 0 unspecified atom stereocenters. The molecule has 2 rings (SSSR count). The molecule has 4 nitrogen and oxygen atoms in total. The van der Waals surface area contributed by atoms with Crippen LogP contribution in [0.15, 0.2) is 18.2 Å². The maximum absolute atomic E-state index is 11.8. The van der Waals surface area contributed by atoms with E-state index in [4.69, 9.17) is 15.7 Å². The Bertz CT molecular complexity index is 488.